The van der Waals surface area contributed by atoms with E-state index >= 15 is 0 Å². The van der Waals surface area contributed by atoms with Gasteiger partial charge in [0.05, 0.1) is 7.11 Å². The van der Waals surface area contributed by atoms with E-state index < -0.39 is 0 Å². The third kappa shape index (κ3) is 8.17. The molecule has 5 rings (SSSR count). The van der Waals surface area contributed by atoms with Gasteiger partial charge in [-0.3, -0.25) is 0 Å². The van der Waals surface area contributed by atoms with Crippen LogP contribution in [0.25, 0.3) is 0 Å². The van der Waals surface area contributed by atoms with Crippen LogP contribution in [0.15, 0.2) is 115 Å². The molecule has 6 heteroatoms. The number of halogens is 2. The van der Waals surface area contributed by atoms with Crippen molar-refractivity contribution in [1.82, 2.24) is 0 Å². The molecule has 0 aliphatic heterocycles. The first-order valence-electron chi connectivity index (χ1n) is 13.8. The van der Waals surface area contributed by atoms with Gasteiger partial charge in [-0.15, -0.1) is 0 Å². The van der Waals surface area contributed by atoms with Crippen LogP contribution in [0.1, 0.15) is 27.8 Å². The second-order valence-corrected chi connectivity index (χ2v) is 10.9. The monoisotopic (exact) mass is 686 g/mol. The molecule has 0 aliphatic rings. The van der Waals surface area contributed by atoms with E-state index in [1.807, 2.05) is 78.9 Å². The average molecular weight is 688 g/mol. The van der Waals surface area contributed by atoms with Crippen LogP contribution in [0.5, 0.6) is 34.5 Å². The molecule has 0 spiro atoms. The third-order valence-electron chi connectivity index (χ3n) is 6.76. The largest absolute Gasteiger partial charge is 0.493 e. The molecule has 0 unspecified atom stereocenters. The maximum atomic E-state index is 6.34. The Labute approximate surface area is 264 Å². The Bertz CT molecular complexity index is 1590. The summed E-state index contributed by atoms with van der Waals surface area (Å²) < 4.78 is 24.3. The van der Waals surface area contributed by atoms with Crippen LogP contribution >= 0.6 is 31.9 Å². The fraction of sp³-hybridized carbons (Fsp3) is 0.167. The van der Waals surface area contributed by atoms with Gasteiger partial charge in [0.1, 0.15) is 18.1 Å². The molecule has 0 atom stereocenters. The van der Waals surface area contributed by atoms with Gasteiger partial charge in [0.2, 0.25) is 0 Å². The summed E-state index contributed by atoms with van der Waals surface area (Å²) in [6.07, 6.45) is 1.69. The van der Waals surface area contributed by atoms with E-state index in [2.05, 4.69) is 68.3 Å². The van der Waals surface area contributed by atoms with E-state index in [0.717, 1.165) is 51.7 Å². The molecular formula is C36H32Br2O4. The highest BCUT2D eigenvalue weighted by atomic mass is 79.9. The summed E-state index contributed by atoms with van der Waals surface area (Å²) in [5, 5.41) is 1.55. The van der Waals surface area contributed by atoms with Gasteiger partial charge in [-0.05, 0) is 89.2 Å². The number of aryl methyl sites for hydroxylation is 2. The number of hydrogen-bond acceptors (Lipinski definition) is 4. The Hall–Kier alpha value is -3.74. The Morgan fingerprint density at radius 1 is 0.476 bits per heavy atom. The molecule has 0 aromatic heterocycles. The quantitative estimate of drug-likeness (QED) is 0.115. The molecule has 0 saturated carbocycles. The minimum Gasteiger partial charge on any atom is -0.493 e. The summed E-state index contributed by atoms with van der Waals surface area (Å²) in [5.74, 6) is 4.36. The highest BCUT2D eigenvalue weighted by Crippen LogP contribution is 2.35. The van der Waals surface area contributed by atoms with E-state index in [4.69, 9.17) is 18.9 Å². The van der Waals surface area contributed by atoms with E-state index in [0.29, 0.717) is 29.6 Å². The molecule has 0 heterocycles. The molecule has 0 radical (unpaired) electrons. The van der Waals surface area contributed by atoms with Gasteiger partial charge >= 0.3 is 0 Å². The zero-order chi connectivity index (χ0) is 29.1. The van der Waals surface area contributed by atoms with Crippen molar-refractivity contribution >= 4 is 31.9 Å². The lowest BCUT2D eigenvalue weighted by atomic mass is 10.0. The SMILES string of the molecule is COc1ccc(CCc2cccc(Oc3ccc(CBr)cc3OCc3ccccc3)c2)cc1Oc1ccc(CBr)cc1. The number of alkyl halides is 2. The van der Waals surface area contributed by atoms with Gasteiger partial charge < -0.3 is 18.9 Å². The van der Waals surface area contributed by atoms with Gasteiger partial charge in [0.25, 0.3) is 0 Å². The second-order valence-electron chi connectivity index (χ2n) is 9.80. The number of methoxy groups -OCH3 is 1. The lowest BCUT2D eigenvalue weighted by Crippen LogP contribution is -1.98. The number of ether oxygens (including phenoxy) is 4. The molecule has 4 nitrogen and oxygen atoms in total. The molecule has 0 amide bonds. The molecule has 0 aliphatic carbocycles. The average Bonchev–Trinajstić information content (AvgIpc) is 3.04. The highest BCUT2D eigenvalue weighted by Gasteiger charge is 2.11. The molecule has 0 fully saturated rings. The fourth-order valence-electron chi connectivity index (χ4n) is 4.48. The van der Waals surface area contributed by atoms with E-state index in [1.165, 1.54) is 11.1 Å². The Kier molecular flexibility index (Phi) is 10.6. The van der Waals surface area contributed by atoms with Crippen LogP contribution in [0.4, 0.5) is 0 Å². The van der Waals surface area contributed by atoms with Crippen molar-refractivity contribution in [3.8, 4) is 34.5 Å². The van der Waals surface area contributed by atoms with Gasteiger partial charge in [0.15, 0.2) is 23.0 Å². The summed E-state index contributed by atoms with van der Waals surface area (Å²) in [7, 11) is 1.66. The van der Waals surface area contributed by atoms with Gasteiger partial charge in [-0.2, -0.15) is 0 Å². The minimum absolute atomic E-state index is 0.471. The molecular weight excluding hydrogens is 656 g/mol. The van der Waals surface area contributed by atoms with Crippen molar-refractivity contribution in [2.24, 2.45) is 0 Å². The number of rotatable bonds is 13. The predicted octanol–water partition coefficient (Wildman–Crippen LogP) is 10.4. The van der Waals surface area contributed by atoms with Crippen molar-refractivity contribution in [3.05, 3.63) is 143 Å². The molecule has 5 aromatic carbocycles. The molecule has 42 heavy (non-hydrogen) atoms. The van der Waals surface area contributed by atoms with Crippen molar-refractivity contribution in [3.63, 3.8) is 0 Å². The summed E-state index contributed by atoms with van der Waals surface area (Å²) in [4.78, 5) is 0. The predicted molar refractivity (Wildman–Crippen MR) is 176 cm³/mol. The van der Waals surface area contributed by atoms with Gasteiger partial charge in [-0.1, -0.05) is 98.6 Å². The summed E-state index contributed by atoms with van der Waals surface area (Å²) in [5.41, 5.74) is 5.77. The van der Waals surface area contributed by atoms with Crippen LogP contribution in [-0.4, -0.2) is 7.11 Å². The number of benzene rings is 5. The van der Waals surface area contributed by atoms with Crippen LogP contribution in [0.3, 0.4) is 0 Å². The lowest BCUT2D eigenvalue weighted by Gasteiger charge is -2.15. The maximum absolute atomic E-state index is 6.34. The van der Waals surface area contributed by atoms with Crippen molar-refractivity contribution in [2.45, 2.75) is 30.1 Å². The van der Waals surface area contributed by atoms with Gasteiger partial charge in [-0.25, -0.2) is 0 Å². The number of hydrogen-bond donors (Lipinski definition) is 0. The van der Waals surface area contributed by atoms with E-state index in [1.54, 1.807) is 7.11 Å². The normalized spacial score (nSPS) is 10.7. The minimum atomic E-state index is 0.471. The molecule has 5 aromatic rings. The smallest absolute Gasteiger partial charge is 0.169 e. The summed E-state index contributed by atoms with van der Waals surface area (Å²) >= 11 is 7.03. The van der Waals surface area contributed by atoms with Crippen LogP contribution in [0, 0.1) is 0 Å². The van der Waals surface area contributed by atoms with E-state index in [-0.39, 0.29) is 0 Å². The fourth-order valence-corrected chi connectivity index (χ4v) is 5.20. The van der Waals surface area contributed by atoms with Crippen molar-refractivity contribution in [1.29, 1.82) is 0 Å². The lowest BCUT2D eigenvalue weighted by molar-refractivity contribution is 0.291. The summed E-state index contributed by atoms with van der Waals surface area (Å²) in [6.45, 7) is 0.471. The molecule has 0 N–H and O–H groups in total. The zero-order valence-corrected chi connectivity index (χ0v) is 26.6. The van der Waals surface area contributed by atoms with Crippen molar-refractivity contribution < 1.29 is 18.9 Å². The first-order chi connectivity index (χ1) is 20.6. The standard InChI is InChI=1S/C36H32Br2O4/c1-39-33-18-14-27(21-36(33)41-31-16-12-28(23-37)13-17-31)11-10-26-8-5-9-32(20-26)42-34-19-15-30(24-38)22-35(34)40-25-29-6-3-2-4-7-29/h2-9,12-22H,10-11,23-25H2,1H3. The first-order valence-corrected chi connectivity index (χ1v) is 16.0. The first kappa shape index (κ1) is 29.7. The van der Waals surface area contributed by atoms with E-state index in [9.17, 15) is 0 Å². The van der Waals surface area contributed by atoms with Gasteiger partial charge in [0, 0.05) is 10.7 Å². The molecule has 0 bridgehead atoms. The molecule has 0 saturated heterocycles. The Morgan fingerprint density at radius 3 is 1.83 bits per heavy atom. The topological polar surface area (TPSA) is 36.9 Å². The van der Waals surface area contributed by atoms with Crippen LogP contribution in [0.2, 0.25) is 0 Å². The zero-order valence-electron chi connectivity index (χ0n) is 23.4. The van der Waals surface area contributed by atoms with Crippen LogP contribution in [-0.2, 0) is 30.1 Å². The third-order valence-corrected chi connectivity index (χ3v) is 8.06. The Balaban J connectivity index is 1.26. The molecule has 214 valence electrons. The summed E-state index contributed by atoms with van der Waals surface area (Å²) in [6, 6.07) is 38.5. The Morgan fingerprint density at radius 2 is 1.10 bits per heavy atom. The second kappa shape index (κ2) is 14.9. The van der Waals surface area contributed by atoms with Crippen molar-refractivity contribution in [2.75, 3.05) is 7.11 Å². The van der Waals surface area contributed by atoms with Crippen LogP contribution < -0.4 is 18.9 Å². The maximum Gasteiger partial charge on any atom is 0.169 e. The highest BCUT2D eigenvalue weighted by molar-refractivity contribution is 9.08.